The Bertz CT molecular complexity index is 743. The molecule has 0 saturated carbocycles. The van der Waals surface area contributed by atoms with E-state index in [0.29, 0.717) is 12.1 Å². The summed E-state index contributed by atoms with van der Waals surface area (Å²) in [5.41, 5.74) is 2.05. The Morgan fingerprint density at radius 3 is 2.46 bits per heavy atom. The molecule has 1 N–H and O–H groups in total. The van der Waals surface area contributed by atoms with Crippen LogP contribution in [-0.2, 0) is 0 Å². The minimum atomic E-state index is 0.268. The molecule has 2 fully saturated rings. The average molecular weight is 356 g/mol. The van der Waals surface area contributed by atoms with E-state index in [9.17, 15) is 5.11 Å². The fourth-order valence-electron chi connectivity index (χ4n) is 4.39. The summed E-state index contributed by atoms with van der Waals surface area (Å²) in [5.74, 6) is 1.70. The van der Waals surface area contributed by atoms with Crippen LogP contribution in [0.1, 0.15) is 37.1 Å². The van der Waals surface area contributed by atoms with Crippen LogP contribution < -0.4 is 4.90 Å². The molecule has 0 aliphatic carbocycles. The Balaban J connectivity index is 1.48. The highest BCUT2D eigenvalue weighted by atomic mass is 16.3. The highest BCUT2D eigenvalue weighted by Crippen LogP contribution is 2.27. The third-order valence-corrected chi connectivity index (χ3v) is 5.69. The van der Waals surface area contributed by atoms with Gasteiger partial charge in [0.15, 0.2) is 11.6 Å². The number of hydrogen-bond donors (Lipinski definition) is 1. The molecule has 2 aromatic heterocycles. The van der Waals surface area contributed by atoms with Gasteiger partial charge < -0.3 is 10.0 Å². The molecule has 7 nitrogen and oxygen atoms in total. The second kappa shape index (κ2) is 7.32. The smallest absolute Gasteiger partial charge is 0.176 e. The normalized spacial score (nSPS) is 23.9. The van der Waals surface area contributed by atoms with Crippen LogP contribution in [0.2, 0.25) is 0 Å². The lowest BCUT2D eigenvalue weighted by molar-refractivity contribution is 0.153. The van der Waals surface area contributed by atoms with E-state index in [-0.39, 0.29) is 6.61 Å². The maximum absolute atomic E-state index is 9.57. The molecule has 2 atom stereocenters. The number of hydrogen-bond acceptors (Lipinski definition) is 6. The van der Waals surface area contributed by atoms with Crippen molar-refractivity contribution in [1.29, 1.82) is 0 Å². The minimum absolute atomic E-state index is 0.268. The third-order valence-electron chi connectivity index (χ3n) is 5.69. The second-order valence-electron chi connectivity index (χ2n) is 7.55. The van der Waals surface area contributed by atoms with Crippen LogP contribution in [0.15, 0.2) is 18.2 Å². The third kappa shape index (κ3) is 3.33. The van der Waals surface area contributed by atoms with Crippen LogP contribution in [-0.4, -0.2) is 68.3 Å². The number of rotatable bonds is 5. The van der Waals surface area contributed by atoms with E-state index >= 15 is 0 Å². The molecule has 2 unspecified atom stereocenters. The van der Waals surface area contributed by atoms with Crippen molar-refractivity contribution in [1.82, 2.24) is 24.9 Å². The largest absolute Gasteiger partial charge is 0.395 e. The first-order valence-electron chi connectivity index (χ1n) is 9.64. The van der Waals surface area contributed by atoms with E-state index in [4.69, 9.17) is 0 Å². The second-order valence-corrected chi connectivity index (χ2v) is 7.55. The zero-order valence-electron chi connectivity index (χ0n) is 15.7. The van der Waals surface area contributed by atoms with Crippen molar-refractivity contribution in [3.63, 3.8) is 0 Å². The monoisotopic (exact) mass is 356 g/mol. The molecule has 2 aliphatic heterocycles. The molecule has 0 bridgehead atoms. The molecular weight excluding hydrogens is 328 g/mol. The number of aromatic nitrogens is 4. The fourth-order valence-corrected chi connectivity index (χ4v) is 4.39. The molecular formula is C19H28N6O. The molecule has 4 rings (SSSR count). The van der Waals surface area contributed by atoms with Gasteiger partial charge in [-0.1, -0.05) is 0 Å². The van der Waals surface area contributed by atoms with Crippen molar-refractivity contribution in [2.75, 3.05) is 31.1 Å². The predicted molar refractivity (Wildman–Crippen MR) is 101 cm³/mol. The Morgan fingerprint density at radius 2 is 1.77 bits per heavy atom. The number of aryl methyl sites for hydroxylation is 2. The molecule has 26 heavy (non-hydrogen) atoms. The van der Waals surface area contributed by atoms with Gasteiger partial charge in [-0.2, -0.15) is 5.10 Å². The first-order valence-corrected chi connectivity index (χ1v) is 9.64. The van der Waals surface area contributed by atoms with Gasteiger partial charge in [0.05, 0.1) is 12.3 Å². The molecule has 140 valence electrons. The van der Waals surface area contributed by atoms with E-state index in [2.05, 4.69) is 31.2 Å². The summed E-state index contributed by atoms with van der Waals surface area (Å²) < 4.78 is 1.84. The summed E-state index contributed by atoms with van der Waals surface area (Å²) >= 11 is 0. The SMILES string of the molecule is Cc1cc(C)n(-c2ccc(N3CCCC3CN3CCCC3CO)nn2)n1. The standard InChI is InChI=1S/C19H28N6O/c1-14-11-15(2)25(22-14)19-8-7-18(20-21-19)24-10-4-5-16(24)12-23-9-3-6-17(23)13-26/h7-8,11,16-17,26H,3-6,9-10,12-13H2,1-2H3. The van der Waals surface area contributed by atoms with Gasteiger partial charge in [-0.25, -0.2) is 4.68 Å². The Morgan fingerprint density at radius 1 is 1.04 bits per heavy atom. The number of aliphatic hydroxyl groups excluding tert-OH is 1. The Hall–Kier alpha value is -1.99. The van der Waals surface area contributed by atoms with E-state index in [1.807, 2.05) is 30.7 Å². The number of nitrogens with zero attached hydrogens (tertiary/aromatic N) is 6. The number of aliphatic hydroxyl groups is 1. The van der Waals surface area contributed by atoms with Crippen LogP contribution in [0.25, 0.3) is 5.82 Å². The van der Waals surface area contributed by atoms with Crippen LogP contribution in [0.4, 0.5) is 5.82 Å². The lowest BCUT2D eigenvalue weighted by atomic mass is 10.2. The zero-order valence-corrected chi connectivity index (χ0v) is 15.7. The van der Waals surface area contributed by atoms with Gasteiger partial charge in [0.25, 0.3) is 0 Å². The molecule has 4 heterocycles. The van der Waals surface area contributed by atoms with Gasteiger partial charge in [0, 0.05) is 30.9 Å². The number of likely N-dealkylation sites (tertiary alicyclic amines) is 1. The summed E-state index contributed by atoms with van der Waals surface area (Å²) in [5, 5.41) is 23.0. The summed E-state index contributed by atoms with van der Waals surface area (Å²) in [6.07, 6.45) is 4.66. The quantitative estimate of drug-likeness (QED) is 0.879. The summed E-state index contributed by atoms with van der Waals surface area (Å²) in [7, 11) is 0. The van der Waals surface area contributed by atoms with Gasteiger partial charge in [-0.15, -0.1) is 10.2 Å². The molecule has 2 aliphatic rings. The predicted octanol–water partition coefficient (Wildman–Crippen LogP) is 1.70. The van der Waals surface area contributed by atoms with Crippen molar-refractivity contribution in [3.05, 3.63) is 29.6 Å². The van der Waals surface area contributed by atoms with Gasteiger partial charge in [-0.3, -0.25) is 4.90 Å². The zero-order chi connectivity index (χ0) is 18.1. The van der Waals surface area contributed by atoms with Crippen LogP contribution >= 0.6 is 0 Å². The molecule has 0 radical (unpaired) electrons. The lowest BCUT2D eigenvalue weighted by Crippen LogP contribution is -2.43. The fraction of sp³-hybridized carbons (Fsp3) is 0.632. The van der Waals surface area contributed by atoms with E-state index in [1.54, 1.807) is 0 Å². The molecule has 0 spiro atoms. The van der Waals surface area contributed by atoms with Crippen molar-refractivity contribution >= 4 is 5.82 Å². The topological polar surface area (TPSA) is 70.3 Å². The van der Waals surface area contributed by atoms with Gasteiger partial charge in [-0.05, 0) is 64.3 Å². The van der Waals surface area contributed by atoms with Crippen molar-refractivity contribution in [2.24, 2.45) is 0 Å². The van der Waals surface area contributed by atoms with E-state index < -0.39 is 0 Å². The van der Waals surface area contributed by atoms with Gasteiger partial charge in [0.2, 0.25) is 0 Å². The molecule has 0 amide bonds. The highest BCUT2D eigenvalue weighted by Gasteiger charge is 2.32. The maximum atomic E-state index is 9.57. The highest BCUT2D eigenvalue weighted by molar-refractivity contribution is 5.42. The first kappa shape index (κ1) is 17.4. The van der Waals surface area contributed by atoms with E-state index in [0.717, 1.165) is 49.1 Å². The number of anilines is 1. The maximum Gasteiger partial charge on any atom is 0.176 e. The van der Waals surface area contributed by atoms with Gasteiger partial charge >= 0.3 is 0 Å². The van der Waals surface area contributed by atoms with Crippen LogP contribution in [0.5, 0.6) is 0 Å². The van der Waals surface area contributed by atoms with Crippen molar-refractivity contribution < 1.29 is 5.11 Å². The van der Waals surface area contributed by atoms with Crippen LogP contribution in [0, 0.1) is 13.8 Å². The summed E-state index contributed by atoms with van der Waals surface area (Å²) in [6.45, 7) is 7.40. The molecule has 2 aromatic rings. The Labute approximate surface area is 154 Å². The summed E-state index contributed by atoms with van der Waals surface area (Å²) in [4.78, 5) is 4.82. The Kier molecular flexibility index (Phi) is 4.91. The van der Waals surface area contributed by atoms with Gasteiger partial charge in [0.1, 0.15) is 0 Å². The molecule has 7 heteroatoms. The van der Waals surface area contributed by atoms with E-state index in [1.165, 1.54) is 19.3 Å². The van der Waals surface area contributed by atoms with Crippen LogP contribution in [0.3, 0.4) is 0 Å². The average Bonchev–Trinajstić information content (AvgIpc) is 3.36. The molecule has 2 saturated heterocycles. The van der Waals surface area contributed by atoms with Crippen molar-refractivity contribution in [2.45, 2.75) is 51.6 Å². The first-order chi connectivity index (χ1) is 12.7. The minimum Gasteiger partial charge on any atom is -0.395 e. The molecule has 0 aromatic carbocycles. The van der Waals surface area contributed by atoms with Crippen molar-refractivity contribution in [3.8, 4) is 5.82 Å². The summed E-state index contributed by atoms with van der Waals surface area (Å²) in [6, 6.07) is 6.89. The lowest BCUT2D eigenvalue weighted by Gasteiger charge is -2.31.